The summed E-state index contributed by atoms with van der Waals surface area (Å²) in [6.07, 6.45) is 3.20. The number of nitriles is 1. The summed E-state index contributed by atoms with van der Waals surface area (Å²) in [5, 5.41) is 8.79. The van der Waals surface area contributed by atoms with Crippen LogP contribution in [0.4, 0.5) is 0 Å². The first kappa shape index (κ1) is 9.60. The number of benzene rings is 1. The molecule has 0 N–H and O–H groups in total. The van der Waals surface area contributed by atoms with Crippen molar-refractivity contribution in [1.82, 2.24) is 4.90 Å². The fourth-order valence-corrected chi connectivity index (χ4v) is 1.24. The summed E-state index contributed by atoms with van der Waals surface area (Å²) >= 11 is 0. The molecule has 0 amide bonds. The maximum atomic E-state index is 8.79. The van der Waals surface area contributed by atoms with Gasteiger partial charge in [0.15, 0.2) is 6.19 Å². The Labute approximate surface area is 79.4 Å². The van der Waals surface area contributed by atoms with Crippen molar-refractivity contribution in [3.63, 3.8) is 0 Å². The molecule has 0 aliphatic heterocycles. The number of hydrogen-bond donors (Lipinski definition) is 0. The quantitative estimate of drug-likeness (QED) is 0.517. The third kappa shape index (κ3) is 3.16. The van der Waals surface area contributed by atoms with Gasteiger partial charge in [-0.2, -0.15) is 5.26 Å². The van der Waals surface area contributed by atoms with E-state index in [1.54, 1.807) is 4.90 Å². The van der Waals surface area contributed by atoms with Gasteiger partial charge in [-0.15, -0.1) is 0 Å². The Balaban J connectivity index is 2.53. The molecule has 2 heteroatoms. The molecule has 0 spiro atoms. The van der Waals surface area contributed by atoms with Crippen LogP contribution in [0.2, 0.25) is 0 Å². The molecule has 68 valence electrons. The van der Waals surface area contributed by atoms with Crippen molar-refractivity contribution in [2.45, 2.75) is 19.9 Å². The van der Waals surface area contributed by atoms with Gasteiger partial charge >= 0.3 is 0 Å². The minimum Gasteiger partial charge on any atom is -0.306 e. The highest BCUT2D eigenvalue weighted by Crippen LogP contribution is 2.03. The number of rotatable bonds is 4. The summed E-state index contributed by atoms with van der Waals surface area (Å²) < 4.78 is 0. The second kappa shape index (κ2) is 5.21. The zero-order chi connectivity index (χ0) is 9.52. The van der Waals surface area contributed by atoms with Crippen molar-refractivity contribution in [3.8, 4) is 6.19 Å². The van der Waals surface area contributed by atoms with Gasteiger partial charge in [-0.3, -0.25) is 0 Å². The van der Waals surface area contributed by atoms with Crippen LogP contribution in [0.25, 0.3) is 0 Å². The van der Waals surface area contributed by atoms with Gasteiger partial charge in [0, 0.05) is 6.54 Å². The van der Waals surface area contributed by atoms with E-state index in [1.165, 1.54) is 5.56 Å². The highest BCUT2D eigenvalue weighted by molar-refractivity contribution is 5.14. The maximum Gasteiger partial charge on any atom is 0.179 e. The zero-order valence-electron chi connectivity index (χ0n) is 7.90. The molecule has 0 saturated heterocycles. The average Bonchev–Trinajstić information content (AvgIpc) is 2.19. The Morgan fingerprint density at radius 1 is 1.31 bits per heavy atom. The molecule has 1 aromatic rings. The molecule has 13 heavy (non-hydrogen) atoms. The molecule has 0 unspecified atom stereocenters. The topological polar surface area (TPSA) is 27.0 Å². The molecule has 1 aromatic carbocycles. The third-order valence-corrected chi connectivity index (χ3v) is 1.85. The molecule has 0 saturated carbocycles. The highest BCUT2D eigenvalue weighted by Gasteiger charge is 2.00. The smallest absolute Gasteiger partial charge is 0.179 e. The SMILES string of the molecule is CCCN(C#N)Cc1ccccc1. The largest absolute Gasteiger partial charge is 0.306 e. The minimum atomic E-state index is 0.727. The van der Waals surface area contributed by atoms with Crippen LogP contribution in [-0.4, -0.2) is 11.4 Å². The van der Waals surface area contributed by atoms with Crippen LogP contribution in [0.3, 0.4) is 0 Å². The van der Waals surface area contributed by atoms with Gasteiger partial charge in [-0.25, -0.2) is 0 Å². The molecule has 0 aromatic heterocycles. The zero-order valence-corrected chi connectivity index (χ0v) is 7.90. The van der Waals surface area contributed by atoms with E-state index in [0.717, 1.165) is 19.5 Å². The van der Waals surface area contributed by atoms with Crippen LogP contribution in [0, 0.1) is 11.5 Å². The van der Waals surface area contributed by atoms with Crippen LogP contribution < -0.4 is 0 Å². The Hall–Kier alpha value is -1.49. The van der Waals surface area contributed by atoms with Crippen molar-refractivity contribution in [3.05, 3.63) is 35.9 Å². The lowest BCUT2D eigenvalue weighted by atomic mass is 10.2. The fraction of sp³-hybridized carbons (Fsp3) is 0.364. The second-order valence-electron chi connectivity index (χ2n) is 3.01. The summed E-state index contributed by atoms with van der Waals surface area (Å²) in [6.45, 7) is 3.64. The molecule has 0 aliphatic carbocycles. The lowest BCUT2D eigenvalue weighted by Crippen LogP contribution is -2.17. The van der Waals surface area contributed by atoms with Gasteiger partial charge in [-0.05, 0) is 12.0 Å². The Kier molecular flexibility index (Phi) is 3.84. The second-order valence-corrected chi connectivity index (χ2v) is 3.01. The van der Waals surface area contributed by atoms with E-state index in [-0.39, 0.29) is 0 Å². The number of hydrogen-bond acceptors (Lipinski definition) is 2. The molecular weight excluding hydrogens is 160 g/mol. The first-order valence-electron chi connectivity index (χ1n) is 4.55. The minimum absolute atomic E-state index is 0.727. The first-order chi connectivity index (χ1) is 6.36. The summed E-state index contributed by atoms with van der Waals surface area (Å²) in [5.74, 6) is 0. The summed E-state index contributed by atoms with van der Waals surface area (Å²) in [7, 11) is 0. The lowest BCUT2D eigenvalue weighted by molar-refractivity contribution is 0.385. The standard InChI is InChI=1S/C11H14N2/c1-2-8-13(10-12)9-11-6-4-3-5-7-11/h3-7H,2,8-9H2,1H3. The molecule has 0 bridgehead atoms. The predicted octanol–water partition coefficient (Wildman–Crippen LogP) is 2.38. The molecule has 0 heterocycles. The van der Waals surface area contributed by atoms with Gasteiger partial charge in [0.2, 0.25) is 0 Å². The Morgan fingerprint density at radius 2 is 2.00 bits per heavy atom. The van der Waals surface area contributed by atoms with Crippen LogP contribution in [0.1, 0.15) is 18.9 Å². The van der Waals surface area contributed by atoms with Crippen LogP contribution >= 0.6 is 0 Å². The van der Waals surface area contributed by atoms with E-state index in [0.29, 0.717) is 0 Å². The van der Waals surface area contributed by atoms with E-state index < -0.39 is 0 Å². The summed E-state index contributed by atoms with van der Waals surface area (Å²) in [6, 6.07) is 10.1. The summed E-state index contributed by atoms with van der Waals surface area (Å²) in [4.78, 5) is 1.77. The van der Waals surface area contributed by atoms with Crippen molar-refractivity contribution in [2.24, 2.45) is 0 Å². The van der Waals surface area contributed by atoms with E-state index >= 15 is 0 Å². The normalized spacial score (nSPS) is 9.23. The van der Waals surface area contributed by atoms with Gasteiger partial charge < -0.3 is 4.90 Å². The maximum absolute atomic E-state index is 8.79. The van der Waals surface area contributed by atoms with Gasteiger partial charge in [0.05, 0.1) is 6.54 Å². The molecular formula is C11H14N2. The van der Waals surface area contributed by atoms with E-state index in [4.69, 9.17) is 5.26 Å². The van der Waals surface area contributed by atoms with Gasteiger partial charge in [-0.1, -0.05) is 37.3 Å². The molecule has 0 fully saturated rings. The van der Waals surface area contributed by atoms with Crippen LogP contribution in [-0.2, 0) is 6.54 Å². The fourth-order valence-electron chi connectivity index (χ4n) is 1.24. The van der Waals surface area contributed by atoms with Crippen molar-refractivity contribution in [2.75, 3.05) is 6.54 Å². The molecule has 2 nitrogen and oxygen atoms in total. The third-order valence-electron chi connectivity index (χ3n) is 1.85. The molecule has 0 aliphatic rings. The highest BCUT2D eigenvalue weighted by atomic mass is 15.1. The molecule has 0 atom stereocenters. The van der Waals surface area contributed by atoms with E-state index in [9.17, 15) is 0 Å². The Bertz CT molecular complexity index is 274. The van der Waals surface area contributed by atoms with E-state index in [1.807, 2.05) is 30.3 Å². The number of nitrogens with zero attached hydrogens (tertiary/aromatic N) is 2. The van der Waals surface area contributed by atoms with Crippen molar-refractivity contribution < 1.29 is 0 Å². The van der Waals surface area contributed by atoms with Crippen LogP contribution in [0.5, 0.6) is 0 Å². The summed E-state index contributed by atoms with van der Waals surface area (Å²) in [5.41, 5.74) is 1.19. The average molecular weight is 174 g/mol. The van der Waals surface area contributed by atoms with E-state index in [2.05, 4.69) is 13.1 Å². The molecule has 1 rings (SSSR count). The van der Waals surface area contributed by atoms with Gasteiger partial charge in [0.1, 0.15) is 0 Å². The predicted molar refractivity (Wildman–Crippen MR) is 52.8 cm³/mol. The molecule has 0 radical (unpaired) electrons. The van der Waals surface area contributed by atoms with Crippen molar-refractivity contribution in [1.29, 1.82) is 5.26 Å². The van der Waals surface area contributed by atoms with Gasteiger partial charge in [0.25, 0.3) is 0 Å². The monoisotopic (exact) mass is 174 g/mol. The van der Waals surface area contributed by atoms with Crippen LogP contribution in [0.15, 0.2) is 30.3 Å². The van der Waals surface area contributed by atoms with Crippen molar-refractivity contribution >= 4 is 0 Å². The first-order valence-corrected chi connectivity index (χ1v) is 4.55. The lowest BCUT2D eigenvalue weighted by Gasteiger charge is -2.13. The Morgan fingerprint density at radius 3 is 2.54 bits per heavy atom.